The molecule has 7 aromatic rings. The van der Waals surface area contributed by atoms with Gasteiger partial charge in [0.25, 0.3) is 11.8 Å². The number of ether oxygens (including phenoxy) is 6. The van der Waals surface area contributed by atoms with E-state index in [2.05, 4.69) is 47.5 Å². The topological polar surface area (TPSA) is 570 Å². The molecule has 14 rings (SSSR count). The SMILES string of the molecule is CC(C)C[C@@H](C)C(=O)N[C@H]1C(=O)N[C@@H](CC(N)=O)C(=O)N[C@H]2C(=O)N[C@H]3C(=O)N[C@H](C(=O)N[C@@H](C(=O)NOCC(N)=O)c4cc(O)cc(O)c4-c4cc3ccc4O)[C@H](O)c3ccc(c(Cl)c3)Oc3cc2cc(c3O[C@@H]2O[C@H](C)[C@@H](O)[C@H](O)[C@H]2O[C@H]2C[C@](C)(NCc3cncc(C(=O)Nc4cc(Cl)cc(Cl)c4)c3)[C@H](O)[C@H](C)O2)Oc2ccc(cc2Cl)[C@H]1O. The van der Waals surface area contributed by atoms with E-state index >= 15 is 19.2 Å². The fourth-order valence-electron chi connectivity index (χ4n) is 14.7. The van der Waals surface area contributed by atoms with Gasteiger partial charge < -0.3 is 123 Å². The molecule has 10 amide bonds. The molecule has 21 N–H and O–H groups in total. The van der Waals surface area contributed by atoms with Gasteiger partial charge in [-0.2, -0.15) is 0 Å². The molecule has 18 atom stereocenters. The van der Waals surface area contributed by atoms with Crippen molar-refractivity contribution in [2.24, 2.45) is 23.3 Å². The lowest BCUT2D eigenvalue weighted by molar-refractivity contribution is -0.330. The lowest BCUT2D eigenvalue weighted by atomic mass is 9.84. The molecule has 37 nitrogen and oxygen atoms in total. The lowest BCUT2D eigenvalue weighted by Crippen LogP contribution is -2.65. The number of nitrogens with zero attached hydrogens (tertiary/aromatic N) is 1. The van der Waals surface area contributed by atoms with Crippen LogP contribution in [-0.2, 0) is 68.7 Å². The van der Waals surface area contributed by atoms with Crippen molar-refractivity contribution in [3.63, 3.8) is 0 Å². The minimum absolute atomic E-state index is 0.0284. The molecule has 1 aromatic heterocycles. The number of phenolic OH excluding ortho intramolecular Hbond substituents is 3. The Kier molecular flexibility index (Phi) is 27.7. The van der Waals surface area contributed by atoms with Crippen LogP contribution in [0.1, 0.15) is 135 Å². The monoisotopic (exact) mass is 1770 g/mol. The number of aromatic nitrogens is 1. The Bertz CT molecular complexity index is 5250. The number of phenols is 3. The Balaban J connectivity index is 1.02. The first-order valence-corrected chi connectivity index (χ1v) is 39.5. The molecule has 11 bridgehead atoms. The second-order valence-electron chi connectivity index (χ2n) is 30.6. The zero-order valence-electron chi connectivity index (χ0n) is 65.5. The highest BCUT2D eigenvalue weighted by Gasteiger charge is 2.52. The number of nitrogens with two attached hydrogens (primary N) is 2. The number of hydrogen-bond acceptors (Lipinski definition) is 27. The average Bonchev–Trinajstić information content (AvgIpc) is 0.768. The van der Waals surface area contributed by atoms with E-state index in [9.17, 15) is 69.6 Å². The van der Waals surface area contributed by atoms with Gasteiger partial charge in [0.15, 0.2) is 30.5 Å². The number of pyridine rings is 1. The van der Waals surface area contributed by atoms with Crippen LogP contribution < -0.4 is 73.7 Å². The number of aliphatic hydroxyl groups is 5. The summed E-state index contributed by atoms with van der Waals surface area (Å²) in [6, 6.07) is 6.48. The molecule has 648 valence electrons. The molecule has 2 fully saturated rings. The van der Waals surface area contributed by atoms with Crippen LogP contribution in [-0.4, -0.2) is 184 Å². The van der Waals surface area contributed by atoms with Crippen LogP contribution in [0.2, 0.25) is 20.1 Å². The van der Waals surface area contributed by atoms with Crippen LogP contribution in [0.25, 0.3) is 11.1 Å². The minimum atomic E-state index is -2.37. The van der Waals surface area contributed by atoms with E-state index in [1.54, 1.807) is 19.9 Å². The summed E-state index contributed by atoms with van der Waals surface area (Å²) in [5, 5.41) is 116. The summed E-state index contributed by atoms with van der Waals surface area (Å²) >= 11 is 26.7. The van der Waals surface area contributed by atoms with Gasteiger partial charge >= 0.3 is 0 Å². The number of anilines is 1. The molecule has 7 aliphatic rings. The second-order valence-corrected chi connectivity index (χ2v) is 32.3. The number of hydroxylamine groups is 1. The first-order valence-electron chi connectivity index (χ1n) is 38.0. The Labute approximate surface area is 714 Å². The molecule has 0 unspecified atom stereocenters. The summed E-state index contributed by atoms with van der Waals surface area (Å²) in [6.45, 7) is 8.81. The average molecular weight is 1770 g/mol. The fourth-order valence-corrected chi connectivity index (χ4v) is 15.7. The van der Waals surface area contributed by atoms with Gasteiger partial charge in [0.1, 0.15) is 89.4 Å². The number of carbonyl (C=O) groups is 10. The molecule has 0 saturated carbocycles. The summed E-state index contributed by atoms with van der Waals surface area (Å²) in [5.41, 5.74) is 9.69. The molecular weight excluding hydrogens is 1680 g/mol. The van der Waals surface area contributed by atoms with Crippen molar-refractivity contribution < 1.29 is 122 Å². The number of hydrogen-bond donors (Lipinski definition) is 19. The maximum Gasteiger partial charge on any atom is 0.270 e. The normalized spacial score (nSPS) is 26.2. The highest BCUT2D eigenvalue weighted by molar-refractivity contribution is 6.35. The van der Waals surface area contributed by atoms with Crippen LogP contribution >= 0.6 is 46.4 Å². The summed E-state index contributed by atoms with van der Waals surface area (Å²) in [6.07, 6.45) is -15.3. The number of benzene rings is 6. The Hall–Kier alpha value is -11.3. The van der Waals surface area contributed by atoms with Crippen molar-refractivity contribution in [1.29, 1.82) is 0 Å². The van der Waals surface area contributed by atoms with Gasteiger partial charge in [0.05, 0.1) is 40.3 Å². The highest BCUT2D eigenvalue weighted by atomic mass is 35.5. The van der Waals surface area contributed by atoms with Crippen molar-refractivity contribution in [3.05, 3.63) is 175 Å². The zero-order valence-corrected chi connectivity index (χ0v) is 68.6. The van der Waals surface area contributed by atoms with Gasteiger partial charge in [-0.3, -0.25) is 57.8 Å². The molecule has 6 aromatic carbocycles. The number of rotatable bonds is 19. The summed E-state index contributed by atoms with van der Waals surface area (Å²) in [4.78, 5) is 154. The number of carbonyl (C=O) groups excluding carboxylic acids is 10. The van der Waals surface area contributed by atoms with E-state index < -0.39 is 249 Å². The number of halogens is 4. The number of aliphatic hydroxyl groups excluding tert-OH is 5. The number of amides is 10. The van der Waals surface area contributed by atoms with Crippen LogP contribution in [0, 0.1) is 11.8 Å². The third-order valence-corrected chi connectivity index (χ3v) is 21.9. The number of aromatic hydroxyl groups is 3. The first-order chi connectivity index (χ1) is 57.7. The van der Waals surface area contributed by atoms with Gasteiger partial charge in [0.2, 0.25) is 59.3 Å². The summed E-state index contributed by atoms with van der Waals surface area (Å²) in [7, 11) is 0. The maximum absolute atomic E-state index is 16.3. The third-order valence-electron chi connectivity index (χ3n) is 20.9. The van der Waals surface area contributed by atoms with Gasteiger partial charge in [-0.25, -0.2) is 5.48 Å². The Morgan fingerprint density at radius 3 is 1.92 bits per heavy atom. The molecule has 0 radical (unpaired) electrons. The summed E-state index contributed by atoms with van der Waals surface area (Å²) < 4.78 is 39.7. The second kappa shape index (κ2) is 37.6. The standard InChI is InChI=1S/C81H86Cl4N12O25/c1-31(2)13-32(3)72(108)95-63-66(104)37-8-11-52(47(84)16-37)119-54-18-39-19-55(69(54)122-80-70(68(106)65(103)33(4)118-80)121-58-26-81(6,71(107)34(5)117-58)89-28-35-14-40(29-88-27-35)73(109)90-43-21-41(82)20-42(83)22-43)120-53-12-9-38(17-48(53)85)67(105)64-78(114)94-62(79(115)97-116-30-57(87)102)46-23-44(98)24-51(100)59(46)45-15-36(7-10-50(45)99)60(75(111)96-64)93-76(112)61(39)92-74(110)49(25-56(86)101)91-77(63)113/h7-12,14-24,27,29,31-34,49,58,60-68,70-71,80,89,98-100,103-107H,13,25-26,28,30H2,1-6H3,(H2,86,101)(H2,87,102)(H,90,109)(H,91,113)(H,92,110)(H,93,112)(H,94,114)(H,95,108)(H,96,111)(H,97,115)/t32-,33-,34+,49+,58+,60-,61-,62-,63-,64+,65-,66-,67-,68+,70-,71-,80+,81+/m1/s1. The molecule has 122 heavy (non-hydrogen) atoms. The van der Waals surface area contributed by atoms with E-state index in [0.29, 0.717) is 11.3 Å². The first kappa shape index (κ1) is 90.0. The molecule has 2 saturated heterocycles. The summed E-state index contributed by atoms with van der Waals surface area (Å²) in [5.74, 6) is -17.9. The number of fused-ring (bicyclic) bond motifs is 15. The Morgan fingerprint density at radius 2 is 1.28 bits per heavy atom. The maximum atomic E-state index is 16.3. The van der Waals surface area contributed by atoms with Crippen molar-refractivity contribution in [1.82, 2.24) is 47.7 Å². The molecule has 0 aliphatic carbocycles. The number of primary amides is 2. The third kappa shape index (κ3) is 20.4. The largest absolute Gasteiger partial charge is 0.508 e. The lowest BCUT2D eigenvalue weighted by Gasteiger charge is -2.48. The van der Waals surface area contributed by atoms with Crippen LogP contribution in [0.5, 0.6) is 46.0 Å². The van der Waals surface area contributed by atoms with Gasteiger partial charge in [-0.1, -0.05) is 85.4 Å². The smallest absolute Gasteiger partial charge is 0.270 e. The predicted octanol–water partition coefficient (Wildman–Crippen LogP) is 4.42. The van der Waals surface area contributed by atoms with Crippen molar-refractivity contribution in [3.8, 4) is 57.1 Å². The van der Waals surface area contributed by atoms with E-state index in [1.165, 1.54) is 56.6 Å². The Morgan fingerprint density at radius 1 is 0.648 bits per heavy atom. The fraction of sp³-hybridized carbons (Fsp3) is 0.370. The predicted molar refractivity (Wildman–Crippen MR) is 431 cm³/mol. The van der Waals surface area contributed by atoms with Gasteiger partial charge in [-0.15, -0.1) is 0 Å². The van der Waals surface area contributed by atoms with E-state index in [0.717, 1.165) is 66.7 Å². The van der Waals surface area contributed by atoms with E-state index in [4.69, 9.17) is 91.1 Å². The van der Waals surface area contributed by atoms with Crippen LogP contribution in [0.4, 0.5) is 5.69 Å². The highest BCUT2D eigenvalue weighted by Crippen LogP contribution is 2.50. The molecule has 0 spiro atoms. The van der Waals surface area contributed by atoms with E-state index in [-0.39, 0.29) is 68.4 Å². The van der Waals surface area contributed by atoms with E-state index in [1.807, 2.05) is 19.3 Å². The van der Waals surface area contributed by atoms with Gasteiger partial charge in [-0.05, 0) is 145 Å². The molecule has 8 heterocycles. The molecular formula is C81H86Cl4N12O25. The molecule has 41 heteroatoms. The number of nitrogens with one attached hydrogen (secondary N) is 9. The van der Waals surface area contributed by atoms with Crippen molar-refractivity contribution in [2.75, 3.05) is 11.9 Å². The van der Waals surface area contributed by atoms with Gasteiger partial charge in [0, 0.05) is 69.7 Å². The molecule has 7 aliphatic heterocycles. The van der Waals surface area contributed by atoms with Crippen molar-refractivity contribution >= 4 is 111 Å². The quantitative estimate of drug-likeness (QED) is 0.0498. The van der Waals surface area contributed by atoms with Crippen LogP contribution in [0.15, 0.2) is 116 Å². The minimum Gasteiger partial charge on any atom is -0.508 e. The van der Waals surface area contributed by atoms with Crippen LogP contribution in [0.3, 0.4) is 0 Å². The zero-order chi connectivity index (χ0) is 88.4. The van der Waals surface area contributed by atoms with Crippen molar-refractivity contribution in [2.45, 2.75) is 171 Å².